The third-order valence-corrected chi connectivity index (χ3v) is 3.64. The van der Waals surface area contributed by atoms with E-state index >= 15 is 0 Å². The fourth-order valence-electron chi connectivity index (χ4n) is 1.50. The van der Waals surface area contributed by atoms with E-state index in [1.54, 1.807) is 20.2 Å². The molecule has 9 heteroatoms. The SMILES string of the molecule is CC.Cc1c(S)cnn(C)c1=O.N[C@H](c1ccc(Cl)cc1)C(F)(F)F. The summed E-state index contributed by atoms with van der Waals surface area (Å²) in [6, 6.07) is 3.34. The van der Waals surface area contributed by atoms with Crippen molar-refractivity contribution >= 4 is 24.2 Å². The van der Waals surface area contributed by atoms with Crippen LogP contribution >= 0.6 is 24.2 Å². The van der Waals surface area contributed by atoms with Crippen molar-refractivity contribution in [1.82, 2.24) is 9.78 Å². The molecule has 0 fully saturated rings. The minimum Gasteiger partial charge on any atom is -0.316 e. The molecule has 1 atom stereocenters. The third kappa shape index (κ3) is 7.50. The summed E-state index contributed by atoms with van der Waals surface area (Å²) in [6.07, 6.45) is -2.85. The lowest BCUT2D eigenvalue weighted by atomic mass is 10.1. The van der Waals surface area contributed by atoms with Crippen LogP contribution in [0.25, 0.3) is 0 Å². The number of hydrogen-bond acceptors (Lipinski definition) is 4. The Labute approximate surface area is 155 Å². The Morgan fingerprint density at radius 2 is 1.72 bits per heavy atom. The van der Waals surface area contributed by atoms with E-state index in [0.717, 1.165) is 0 Å². The Bertz CT molecular complexity index is 718. The summed E-state index contributed by atoms with van der Waals surface area (Å²) in [4.78, 5) is 11.7. The molecule has 0 aliphatic carbocycles. The minimum atomic E-state index is -4.41. The summed E-state index contributed by atoms with van der Waals surface area (Å²) in [6.45, 7) is 5.73. The molecule has 25 heavy (non-hydrogen) atoms. The number of benzene rings is 1. The molecule has 0 bridgehead atoms. The van der Waals surface area contributed by atoms with Crippen molar-refractivity contribution in [3.8, 4) is 0 Å². The van der Waals surface area contributed by atoms with Gasteiger partial charge in [-0.2, -0.15) is 18.3 Å². The predicted octanol–water partition coefficient (Wildman–Crippen LogP) is 4.31. The molecule has 0 aliphatic rings. The Hall–Kier alpha value is -1.51. The number of nitrogens with two attached hydrogens (primary N) is 1. The molecular formula is C16H21ClF3N3OS. The van der Waals surface area contributed by atoms with Crippen LogP contribution in [-0.2, 0) is 7.05 Å². The van der Waals surface area contributed by atoms with Gasteiger partial charge in [-0.15, -0.1) is 12.6 Å². The van der Waals surface area contributed by atoms with Gasteiger partial charge in [-0.05, 0) is 24.6 Å². The van der Waals surface area contributed by atoms with Gasteiger partial charge in [0, 0.05) is 22.5 Å². The molecule has 2 rings (SSSR count). The van der Waals surface area contributed by atoms with Crippen molar-refractivity contribution in [1.29, 1.82) is 0 Å². The van der Waals surface area contributed by atoms with Gasteiger partial charge in [0.05, 0.1) is 6.20 Å². The van der Waals surface area contributed by atoms with Crippen LogP contribution in [0.5, 0.6) is 0 Å². The lowest BCUT2D eigenvalue weighted by molar-refractivity contribution is -0.149. The van der Waals surface area contributed by atoms with Gasteiger partial charge in [-0.1, -0.05) is 37.6 Å². The minimum absolute atomic E-state index is 0.0110. The molecule has 0 aliphatic heterocycles. The molecule has 1 aromatic carbocycles. The number of nitrogens with zero attached hydrogens (tertiary/aromatic N) is 2. The lowest BCUT2D eigenvalue weighted by Gasteiger charge is -2.15. The molecule has 1 heterocycles. The van der Waals surface area contributed by atoms with Gasteiger partial charge in [0.15, 0.2) is 0 Å². The van der Waals surface area contributed by atoms with Gasteiger partial charge in [-0.25, -0.2) is 4.68 Å². The number of alkyl halides is 3. The largest absolute Gasteiger partial charge is 0.407 e. The highest BCUT2D eigenvalue weighted by atomic mass is 35.5. The van der Waals surface area contributed by atoms with E-state index in [9.17, 15) is 18.0 Å². The van der Waals surface area contributed by atoms with Crippen molar-refractivity contribution < 1.29 is 13.2 Å². The highest BCUT2D eigenvalue weighted by Crippen LogP contribution is 2.30. The first-order chi connectivity index (χ1) is 11.5. The monoisotopic (exact) mass is 395 g/mol. The van der Waals surface area contributed by atoms with Crippen molar-refractivity contribution in [2.45, 2.75) is 37.9 Å². The van der Waals surface area contributed by atoms with Crippen LogP contribution in [0.4, 0.5) is 13.2 Å². The first-order valence-corrected chi connectivity index (χ1v) is 8.16. The Balaban J connectivity index is 0.000000430. The Morgan fingerprint density at radius 1 is 1.24 bits per heavy atom. The van der Waals surface area contributed by atoms with Crippen LogP contribution in [0.3, 0.4) is 0 Å². The number of aryl methyl sites for hydroxylation is 1. The lowest BCUT2D eigenvalue weighted by Crippen LogP contribution is -2.28. The average Bonchev–Trinajstić information content (AvgIpc) is 2.58. The molecule has 0 saturated carbocycles. The molecule has 0 amide bonds. The number of hydrogen-bond donors (Lipinski definition) is 2. The summed E-state index contributed by atoms with van der Waals surface area (Å²) in [7, 11) is 1.61. The summed E-state index contributed by atoms with van der Waals surface area (Å²) >= 11 is 9.55. The smallest absolute Gasteiger partial charge is 0.316 e. The molecule has 0 spiro atoms. The van der Waals surface area contributed by atoms with Crippen LogP contribution in [0, 0.1) is 6.92 Å². The molecule has 0 unspecified atom stereocenters. The van der Waals surface area contributed by atoms with Crippen LogP contribution in [0.15, 0.2) is 40.2 Å². The van der Waals surface area contributed by atoms with E-state index in [-0.39, 0.29) is 11.1 Å². The first kappa shape index (κ1) is 23.5. The standard InChI is InChI=1S/C8H7ClF3N.C6H8N2OS.C2H6/c9-6-3-1-5(2-4-6)7(13)8(10,11)12;1-4-5(10)3-7-8(2)6(4)9;1-2/h1-4,7H,13H2;3,10H,1-2H3;1-2H3/t7-;;/m1../s1. The summed E-state index contributed by atoms with van der Waals surface area (Å²) in [5.74, 6) is 0. The maximum absolute atomic E-state index is 12.1. The number of rotatable bonds is 1. The van der Waals surface area contributed by atoms with Gasteiger partial charge in [0.25, 0.3) is 5.56 Å². The predicted molar refractivity (Wildman–Crippen MR) is 97.3 cm³/mol. The Morgan fingerprint density at radius 3 is 2.12 bits per heavy atom. The van der Waals surface area contributed by atoms with Crippen LogP contribution in [-0.4, -0.2) is 16.0 Å². The zero-order valence-corrected chi connectivity index (χ0v) is 16.0. The van der Waals surface area contributed by atoms with E-state index in [1.807, 2.05) is 13.8 Å². The molecule has 2 N–H and O–H groups in total. The Kier molecular flexibility index (Phi) is 9.84. The quantitative estimate of drug-likeness (QED) is 0.707. The fourth-order valence-corrected chi connectivity index (χ4v) is 1.78. The van der Waals surface area contributed by atoms with Crippen molar-refractivity contribution in [2.75, 3.05) is 0 Å². The van der Waals surface area contributed by atoms with Crippen molar-refractivity contribution in [3.63, 3.8) is 0 Å². The number of halogens is 4. The summed E-state index contributed by atoms with van der Waals surface area (Å²) in [5, 5.41) is 4.15. The van der Waals surface area contributed by atoms with Gasteiger partial charge in [0.1, 0.15) is 6.04 Å². The summed E-state index contributed by atoms with van der Waals surface area (Å²) < 4.78 is 37.5. The van der Waals surface area contributed by atoms with Gasteiger partial charge < -0.3 is 5.73 Å². The average molecular weight is 396 g/mol. The van der Waals surface area contributed by atoms with Crippen LogP contribution in [0.2, 0.25) is 5.02 Å². The molecule has 140 valence electrons. The fraction of sp³-hybridized carbons (Fsp3) is 0.375. The zero-order valence-electron chi connectivity index (χ0n) is 14.3. The molecule has 0 saturated heterocycles. The van der Waals surface area contributed by atoms with E-state index in [0.29, 0.717) is 15.5 Å². The molecule has 1 aromatic heterocycles. The van der Waals surface area contributed by atoms with E-state index in [4.69, 9.17) is 17.3 Å². The second-order valence-electron chi connectivity index (χ2n) is 4.65. The van der Waals surface area contributed by atoms with Crippen molar-refractivity contribution in [2.24, 2.45) is 12.8 Å². The van der Waals surface area contributed by atoms with E-state index in [2.05, 4.69) is 17.7 Å². The molecule has 4 nitrogen and oxygen atoms in total. The van der Waals surface area contributed by atoms with Gasteiger partial charge >= 0.3 is 6.18 Å². The van der Waals surface area contributed by atoms with Crippen LogP contribution < -0.4 is 11.3 Å². The molecule has 2 aromatic rings. The van der Waals surface area contributed by atoms with E-state index in [1.165, 1.54) is 28.9 Å². The first-order valence-electron chi connectivity index (χ1n) is 7.33. The third-order valence-electron chi connectivity index (χ3n) is 2.93. The summed E-state index contributed by atoms with van der Waals surface area (Å²) in [5.41, 5.74) is 5.51. The second-order valence-corrected chi connectivity index (χ2v) is 5.57. The topological polar surface area (TPSA) is 60.9 Å². The highest BCUT2D eigenvalue weighted by molar-refractivity contribution is 7.80. The van der Waals surface area contributed by atoms with Gasteiger partial charge in [0.2, 0.25) is 0 Å². The normalized spacial score (nSPS) is 11.6. The maximum atomic E-state index is 12.1. The van der Waals surface area contributed by atoms with Gasteiger partial charge in [-0.3, -0.25) is 4.79 Å². The highest BCUT2D eigenvalue weighted by Gasteiger charge is 2.37. The second kappa shape index (κ2) is 10.5. The zero-order chi connectivity index (χ0) is 19.8. The number of aromatic nitrogens is 2. The number of thiol groups is 1. The van der Waals surface area contributed by atoms with Crippen molar-refractivity contribution in [3.05, 3.63) is 57.0 Å². The van der Waals surface area contributed by atoms with Crippen LogP contribution in [0.1, 0.15) is 31.0 Å². The molecular weight excluding hydrogens is 375 g/mol. The molecule has 0 radical (unpaired) electrons. The maximum Gasteiger partial charge on any atom is 0.407 e. The van der Waals surface area contributed by atoms with E-state index < -0.39 is 12.2 Å².